The Morgan fingerprint density at radius 3 is 2.31 bits per heavy atom. The Kier molecular flexibility index (Phi) is 7.27. The number of halogens is 6. The molecule has 0 radical (unpaired) electrons. The van der Waals surface area contributed by atoms with Crippen LogP contribution in [0.5, 0.6) is 0 Å². The standard InChI is InChI=1S/C26H26F6N6O/c27-25(28,29)16-5-7-17(8-6-16)34-22-19-9-13-37(23-20(26(30,31)32)4-1-11-33-23)14-10-21(19)35-24(36-22)38-12-2-3-18(39)15-38/h1,4-8,11,18,39H,2-3,9-10,12-15H2,(H,34,35,36). The second-order valence-corrected chi connectivity index (χ2v) is 9.60. The van der Waals surface area contributed by atoms with Crippen LogP contribution in [0.2, 0.25) is 0 Å². The van der Waals surface area contributed by atoms with Gasteiger partial charge in [-0.2, -0.15) is 31.3 Å². The number of hydrogen-bond acceptors (Lipinski definition) is 7. The Hall–Kier alpha value is -3.61. The number of alkyl halides is 6. The number of anilines is 4. The molecular weight excluding hydrogens is 526 g/mol. The largest absolute Gasteiger partial charge is 0.419 e. The molecule has 1 atom stereocenters. The highest BCUT2D eigenvalue weighted by molar-refractivity contribution is 5.63. The average molecular weight is 553 g/mol. The zero-order valence-electron chi connectivity index (χ0n) is 20.7. The van der Waals surface area contributed by atoms with Crippen molar-refractivity contribution >= 4 is 23.3 Å². The van der Waals surface area contributed by atoms with Gasteiger partial charge in [0.2, 0.25) is 5.95 Å². The molecule has 2 aromatic heterocycles. The van der Waals surface area contributed by atoms with Crippen LogP contribution in [0.1, 0.15) is 35.2 Å². The number of aliphatic hydroxyl groups excluding tert-OH is 1. The monoisotopic (exact) mass is 552 g/mol. The van der Waals surface area contributed by atoms with Crippen LogP contribution in [-0.2, 0) is 25.2 Å². The van der Waals surface area contributed by atoms with E-state index in [1.807, 2.05) is 4.90 Å². The highest BCUT2D eigenvalue weighted by Crippen LogP contribution is 2.37. The maximum absolute atomic E-state index is 13.7. The van der Waals surface area contributed by atoms with Gasteiger partial charge in [0.15, 0.2) is 0 Å². The van der Waals surface area contributed by atoms with Crippen LogP contribution in [-0.4, -0.2) is 52.3 Å². The number of fused-ring (bicyclic) bond motifs is 1. The highest BCUT2D eigenvalue weighted by Gasteiger charge is 2.36. The Morgan fingerprint density at radius 2 is 1.62 bits per heavy atom. The molecule has 1 fully saturated rings. The number of pyridine rings is 1. The van der Waals surface area contributed by atoms with Crippen LogP contribution in [0, 0.1) is 0 Å². The van der Waals surface area contributed by atoms with Gasteiger partial charge in [-0.1, -0.05) is 0 Å². The fourth-order valence-corrected chi connectivity index (χ4v) is 4.93. The molecule has 0 spiro atoms. The van der Waals surface area contributed by atoms with Crippen LogP contribution < -0.4 is 15.1 Å². The number of nitrogens with one attached hydrogen (secondary N) is 1. The van der Waals surface area contributed by atoms with Gasteiger partial charge in [0.05, 0.1) is 22.9 Å². The van der Waals surface area contributed by atoms with E-state index in [4.69, 9.17) is 4.98 Å². The third-order valence-electron chi connectivity index (χ3n) is 6.88. The van der Waals surface area contributed by atoms with Crippen LogP contribution in [0.4, 0.5) is 49.6 Å². The first-order chi connectivity index (χ1) is 18.5. The number of aromatic nitrogens is 3. The van der Waals surface area contributed by atoms with Gasteiger partial charge in [0, 0.05) is 50.0 Å². The lowest BCUT2D eigenvalue weighted by atomic mass is 10.1. The van der Waals surface area contributed by atoms with Gasteiger partial charge in [-0.05, 0) is 55.7 Å². The average Bonchev–Trinajstić information content (AvgIpc) is 3.11. The normalized spacial score (nSPS) is 18.5. The first-order valence-electron chi connectivity index (χ1n) is 12.5. The number of nitrogens with zero attached hydrogens (tertiary/aromatic N) is 5. The van der Waals surface area contributed by atoms with Gasteiger partial charge >= 0.3 is 12.4 Å². The summed E-state index contributed by atoms with van der Waals surface area (Å²) in [6.07, 6.45) is -6.30. The minimum Gasteiger partial charge on any atom is -0.391 e. The van der Waals surface area contributed by atoms with Gasteiger partial charge in [0.25, 0.3) is 0 Å². The van der Waals surface area contributed by atoms with Crippen LogP contribution in [0.25, 0.3) is 0 Å². The van der Waals surface area contributed by atoms with Gasteiger partial charge in [-0.15, -0.1) is 0 Å². The summed E-state index contributed by atoms with van der Waals surface area (Å²) >= 11 is 0. The number of rotatable bonds is 4. The molecule has 1 unspecified atom stereocenters. The van der Waals surface area contributed by atoms with E-state index in [9.17, 15) is 31.4 Å². The molecule has 0 bridgehead atoms. The van der Waals surface area contributed by atoms with E-state index in [2.05, 4.69) is 15.3 Å². The summed E-state index contributed by atoms with van der Waals surface area (Å²) in [6, 6.07) is 6.77. The van der Waals surface area contributed by atoms with E-state index < -0.39 is 29.6 Å². The number of benzene rings is 1. The van der Waals surface area contributed by atoms with E-state index in [0.29, 0.717) is 54.6 Å². The Balaban J connectivity index is 1.49. The van der Waals surface area contributed by atoms with Crippen molar-refractivity contribution in [2.24, 2.45) is 0 Å². The summed E-state index contributed by atoms with van der Waals surface area (Å²) in [6.45, 7) is 1.38. The summed E-state index contributed by atoms with van der Waals surface area (Å²) in [5.74, 6) is 0.556. The number of hydrogen-bond donors (Lipinski definition) is 2. The van der Waals surface area contributed by atoms with Gasteiger partial charge in [-0.25, -0.2) is 9.97 Å². The van der Waals surface area contributed by atoms with Crippen molar-refractivity contribution in [3.63, 3.8) is 0 Å². The molecule has 0 aliphatic carbocycles. The maximum atomic E-state index is 13.7. The number of aliphatic hydroxyl groups is 1. The molecule has 3 aromatic rings. The lowest BCUT2D eigenvalue weighted by molar-refractivity contribution is -0.138. The van der Waals surface area contributed by atoms with E-state index >= 15 is 0 Å². The number of β-amino-alcohol motifs (C(OH)–C–C–N with tert-alkyl or cyclic N) is 1. The minimum atomic E-state index is -4.57. The molecule has 0 saturated carbocycles. The van der Waals surface area contributed by atoms with Crippen molar-refractivity contribution in [3.8, 4) is 0 Å². The van der Waals surface area contributed by atoms with Crippen molar-refractivity contribution in [3.05, 3.63) is 65.0 Å². The zero-order chi connectivity index (χ0) is 27.8. The first-order valence-corrected chi connectivity index (χ1v) is 12.5. The smallest absolute Gasteiger partial charge is 0.391 e. The molecule has 13 heteroatoms. The summed E-state index contributed by atoms with van der Waals surface area (Å²) in [4.78, 5) is 16.8. The van der Waals surface area contributed by atoms with Crippen LogP contribution in [0.15, 0.2) is 42.6 Å². The third-order valence-corrected chi connectivity index (χ3v) is 6.88. The van der Waals surface area contributed by atoms with Crippen molar-refractivity contribution < 1.29 is 31.4 Å². The number of piperidine rings is 1. The molecular formula is C26H26F6N6O. The van der Waals surface area contributed by atoms with E-state index in [-0.39, 0.29) is 25.3 Å². The molecule has 39 heavy (non-hydrogen) atoms. The molecule has 0 amide bonds. The molecule has 2 aliphatic rings. The molecule has 208 valence electrons. The predicted octanol–water partition coefficient (Wildman–Crippen LogP) is 5.22. The minimum absolute atomic E-state index is 0.164. The van der Waals surface area contributed by atoms with Crippen molar-refractivity contribution in [2.45, 2.75) is 44.1 Å². The summed E-state index contributed by atoms with van der Waals surface area (Å²) in [7, 11) is 0. The maximum Gasteiger partial charge on any atom is 0.419 e. The van der Waals surface area contributed by atoms with E-state index in [1.54, 1.807) is 4.90 Å². The summed E-state index contributed by atoms with van der Waals surface area (Å²) < 4.78 is 80.1. The second-order valence-electron chi connectivity index (χ2n) is 9.60. The summed E-state index contributed by atoms with van der Waals surface area (Å²) in [5.41, 5.74) is 0.0561. The van der Waals surface area contributed by atoms with E-state index in [1.165, 1.54) is 24.4 Å². The molecule has 1 saturated heterocycles. The Bertz CT molecular complexity index is 1310. The molecule has 1 aromatic carbocycles. The lowest BCUT2D eigenvalue weighted by Crippen LogP contribution is -2.39. The predicted molar refractivity (Wildman–Crippen MR) is 133 cm³/mol. The lowest BCUT2D eigenvalue weighted by Gasteiger charge is -2.31. The highest BCUT2D eigenvalue weighted by atomic mass is 19.4. The summed E-state index contributed by atoms with van der Waals surface area (Å²) in [5, 5.41) is 13.3. The van der Waals surface area contributed by atoms with Crippen molar-refractivity contribution in [2.75, 3.05) is 41.3 Å². The topological polar surface area (TPSA) is 77.4 Å². The van der Waals surface area contributed by atoms with Gasteiger partial charge in [-0.3, -0.25) is 0 Å². The Morgan fingerprint density at radius 1 is 0.872 bits per heavy atom. The Labute approximate surface area is 220 Å². The second kappa shape index (κ2) is 10.5. The SMILES string of the molecule is OC1CCCN(c2nc3c(c(Nc4ccc(C(F)(F)F)cc4)n2)CCN(c2ncccc2C(F)(F)F)CC3)C1. The van der Waals surface area contributed by atoms with Crippen molar-refractivity contribution in [1.82, 2.24) is 15.0 Å². The molecule has 5 rings (SSSR count). The quantitative estimate of drug-likeness (QED) is 0.430. The zero-order valence-corrected chi connectivity index (χ0v) is 20.7. The van der Waals surface area contributed by atoms with E-state index in [0.717, 1.165) is 24.6 Å². The van der Waals surface area contributed by atoms with Crippen LogP contribution in [0.3, 0.4) is 0 Å². The molecule has 2 N–H and O–H groups in total. The molecule has 2 aliphatic heterocycles. The first kappa shape index (κ1) is 27.0. The molecule has 7 nitrogen and oxygen atoms in total. The fraction of sp³-hybridized carbons (Fsp3) is 0.423. The third kappa shape index (κ3) is 6.02. The molecule has 4 heterocycles. The van der Waals surface area contributed by atoms with Crippen LogP contribution >= 0.6 is 0 Å². The van der Waals surface area contributed by atoms with Gasteiger partial charge in [0.1, 0.15) is 11.6 Å². The van der Waals surface area contributed by atoms with Gasteiger partial charge < -0.3 is 20.2 Å². The van der Waals surface area contributed by atoms with Crippen molar-refractivity contribution in [1.29, 1.82) is 0 Å². The fourth-order valence-electron chi connectivity index (χ4n) is 4.93.